The van der Waals surface area contributed by atoms with Crippen LogP contribution >= 0.6 is 0 Å². The van der Waals surface area contributed by atoms with Crippen LogP contribution in [0.5, 0.6) is 0 Å². The highest BCUT2D eigenvalue weighted by molar-refractivity contribution is 6.12. The van der Waals surface area contributed by atoms with E-state index in [0.717, 1.165) is 0 Å². The second kappa shape index (κ2) is 13.3. The maximum absolute atomic E-state index is 14.0. The van der Waals surface area contributed by atoms with Crippen molar-refractivity contribution in [1.29, 1.82) is 0 Å². The lowest BCUT2D eigenvalue weighted by molar-refractivity contribution is -0.184. The summed E-state index contributed by atoms with van der Waals surface area (Å²) in [5, 5.41) is 32.2. The Kier molecular flexibility index (Phi) is 9.73. The fourth-order valence-electron chi connectivity index (χ4n) is 5.15. The van der Waals surface area contributed by atoms with E-state index in [9.17, 15) is 33.0 Å². The summed E-state index contributed by atoms with van der Waals surface area (Å²) in [6.07, 6.45) is -5.12. The van der Waals surface area contributed by atoms with Crippen molar-refractivity contribution in [1.82, 2.24) is 4.57 Å². The molecule has 0 saturated heterocycles. The van der Waals surface area contributed by atoms with Crippen LogP contribution in [0.2, 0.25) is 0 Å². The van der Waals surface area contributed by atoms with Gasteiger partial charge in [0.2, 0.25) is 0 Å². The molecule has 4 aromatic rings. The quantitative estimate of drug-likeness (QED) is 0.149. The van der Waals surface area contributed by atoms with E-state index in [2.05, 4.69) is 5.32 Å². The SMILES string of the molecule is CC(C)c1c(C(=O)Nc2ccccc2)c(-c2ccccc2)c(-c2ccc(F)cc2)n1CC[C@@H](O)C[C@@H](O)C(F)(F)C(=O)O. The number of carbonyl (C=O) groups is 2. The number of hydrogen-bond acceptors (Lipinski definition) is 4. The Morgan fingerprint density at radius 2 is 1.47 bits per heavy atom. The number of carbonyl (C=O) groups excluding carboxylic acids is 1. The zero-order chi connectivity index (χ0) is 31.3. The van der Waals surface area contributed by atoms with E-state index in [1.165, 1.54) is 12.1 Å². The van der Waals surface area contributed by atoms with Crippen molar-refractivity contribution < 1.29 is 38.1 Å². The molecule has 1 amide bonds. The number of carboxylic acids is 1. The third kappa shape index (κ3) is 6.98. The molecule has 7 nitrogen and oxygen atoms in total. The fourth-order valence-corrected chi connectivity index (χ4v) is 5.15. The zero-order valence-corrected chi connectivity index (χ0v) is 23.7. The van der Waals surface area contributed by atoms with Crippen LogP contribution in [0.1, 0.15) is 48.7 Å². The van der Waals surface area contributed by atoms with Crippen LogP contribution in [-0.2, 0) is 11.3 Å². The molecule has 0 saturated carbocycles. The minimum atomic E-state index is -4.43. The van der Waals surface area contributed by atoms with E-state index in [0.29, 0.717) is 39.3 Å². The first-order valence-electron chi connectivity index (χ1n) is 13.8. The summed E-state index contributed by atoms with van der Waals surface area (Å²) < 4.78 is 43.5. The van der Waals surface area contributed by atoms with Crippen molar-refractivity contribution in [2.75, 3.05) is 5.32 Å². The molecule has 226 valence electrons. The average Bonchev–Trinajstić information content (AvgIpc) is 3.33. The number of rotatable bonds is 12. The van der Waals surface area contributed by atoms with Crippen LogP contribution in [0.4, 0.5) is 18.9 Å². The number of aliphatic hydroxyl groups excluding tert-OH is 2. The highest BCUT2D eigenvalue weighted by Crippen LogP contribution is 2.42. The Morgan fingerprint density at radius 1 is 0.884 bits per heavy atom. The predicted octanol–water partition coefficient (Wildman–Crippen LogP) is 6.56. The van der Waals surface area contributed by atoms with Gasteiger partial charge in [-0.2, -0.15) is 8.78 Å². The van der Waals surface area contributed by atoms with Crippen molar-refractivity contribution in [3.8, 4) is 22.4 Å². The summed E-state index contributed by atoms with van der Waals surface area (Å²) in [6, 6.07) is 23.8. The van der Waals surface area contributed by atoms with Crippen molar-refractivity contribution in [3.63, 3.8) is 0 Å². The van der Waals surface area contributed by atoms with E-state index in [4.69, 9.17) is 5.11 Å². The van der Waals surface area contributed by atoms with Gasteiger partial charge >= 0.3 is 11.9 Å². The molecular formula is C33H33F3N2O5. The Balaban J connectivity index is 1.88. The first kappa shape index (κ1) is 31.5. The van der Waals surface area contributed by atoms with Gasteiger partial charge in [0.05, 0.1) is 17.4 Å². The normalized spacial score (nSPS) is 13.1. The molecule has 43 heavy (non-hydrogen) atoms. The average molecular weight is 595 g/mol. The largest absolute Gasteiger partial charge is 0.477 e. The summed E-state index contributed by atoms with van der Waals surface area (Å²) in [5.41, 5.74) is 3.92. The van der Waals surface area contributed by atoms with Crippen molar-refractivity contribution in [2.45, 2.75) is 57.3 Å². The summed E-state index contributed by atoms with van der Waals surface area (Å²) in [4.78, 5) is 24.9. The van der Waals surface area contributed by atoms with Crippen LogP contribution in [0.15, 0.2) is 84.9 Å². The van der Waals surface area contributed by atoms with Gasteiger partial charge in [-0.3, -0.25) is 4.79 Å². The highest BCUT2D eigenvalue weighted by atomic mass is 19.3. The lowest BCUT2D eigenvalue weighted by Gasteiger charge is -2.22. The minimum absolute atomic E-state index is 0.0191. The molecule has 1 aromatic heterocycles. The van der Waals surface area contributed by atoms with Crippen LogP contribution in [-0.4, -0.2) is 49.9 Å². The zero-order valence-electron chi connectivity index (χ0n) is 23.7. The Hall–Kier alpha value is -4.41. The lowest BCUT2D eigenvalue weighted by atomic mass is 9.94. The van der Waals surface area contributed by atoms with Gasteiger partial charge in [0.25, 0.3) is 5.91 Å². The minimum Gasteiger partial charge on any atom is -0.477 e. The third-order valence-electron chi connectivity index (χ3n) is 7.17. The van der Waals surface area contributed by atoms with E-state index >= 15 is 0 Å². The number of aliphatic hydroxyl groups is 2. The van der Waals surface area contributed by atoms with Crippen molar-refractivity contribution in [3.05, 3.63) is 102 Å². The van der Waals surface area contributed by atoms with E-state index < -0.39 is 42.2 Å². The first-order chi connectivity index (χ1) is 20.4. The molecule has 10 heteroatoms. The van der Waals surface area contributed by atoms with Crippen LogP contribution < -0.4 is 5.32 Å². The Morgan fingerprint density at radius 3 is 2.02 bits per heavy atom. The van der Waals surface area contributed by atoms with E-state index in [1.807, 2.05) is 54.8 Å². The van der Waals surface area contributed by atoms with Crippen molar-refractivity contribution in [2.24, 2.45) is 0 Å². The Bertz CT molecular complexity index is 1560. The fraction of sp³-hybridized carbons (Fsp3) is 0.273. The maximum Gasteiger partial charge on any atom is 0.377 e. The number of alkyl halides is 2. The number of aromatic nitrogens is 1. The number of nitrogens with one attached hydrogen (secondary N) is 1. The number of anilines is 1. The molecule has 0 bridgehead atoms. The smallest absolute Gasteiger partial charge is 0.377 e. The summed E-state index contributed by atoms with van der Waals surface area (Å²) >= 11 is 0. The number of amides is 1. The molecule has 0 aliphatic carbocycles. The molecule has 2 atom stereocenters. The van der Waals surface area contributed by atoms with Crippen molar-refractivity contribution >= 4 is 17.6 Å². The van der Waals surface area contributed by atoms with Gasteiger partial charge < -0.3 is 25.2 Å². The lowest BCUT2D eigenvalue weighted by Crippen LogP contribution is -2.43. The van der Waals surface area contributed by atoms with E-state index in [-0.39, 0.29) is 18.9 Å². The van der Waals surface area contributed by atoms with Gasteiger partial charge in [-0.1, -0.05) is 62.4 Å². The molecule has 3 aromatic carbocycles. The Labute approximate surface area is 247 Å². The summed E-state index contributed by atoms with van der Waals surface area (Å²) in [7, 11) is 0. The number of aliphatic carboxylic acids is 1. The van der Waals surface area contributed by atoms with Gasteiger partial charge in [0, 0.05) is 29.9 Å². The molecule has 0 fully saturated rings. The van der Waals surface area contributed by atoms with Gasteiger partial charge in [-0.25, -0.2) is 9.18 Å². The van der Waals surface area contributed by atoms with Gasteiger partial charge in [-0.05, 0) is 59.9 Å². The highest BCUT2D eigenvalue weighted by Gasteiger charge is 2.47. The molecule has 0 aliphatic rings. The number of hydrogen-bond donors (Lipinski definition) is 4. The molecule has 4 N–H and O–H groups in total. The van der Waals surface area contributed by atoms with Crippen LogP contribution in [0, 0.1) is 5.82 Å². The summed E-state index contributed by atoms with van der Waals surface area (Å²) in [6.45, 7) is 3.80. The number of halogens is 3. The second-order valence-corrected chi connectivity index (χ2v) is 10.6. The maximum atomic E-state index is 14.0. The second-order valence-electron chi connectivity index (χ2n) is 10.6. The molecular weight excluding hydrogens is 561 g/mol. The number of carboxylic acid groups (broad SMARTS) is 1. The van der Waals surface area contributed by atoms with Gasteiger partial charge in [-0.15, -0.1) is 0 Å². The number of para-hydroxylation sites is 1. The molecule has 0 spiro atoms. The molecule has 0 aliphatic heterocycles. The molecule has 1 heterocycles. The first-order valence-corrected chi connectivity index (χ1v) is 13.8. The predicted molar refractivity (Wildman–Crippen MR) is 158 cm³/mol. The van der Waals surface area contributed by atoms with Crippen LogP contribution in [0.25, 0.3) is 22.4 Å². The number of nitrogens with zero attached hydrogens (tertiary/aromatic N) is 1. The summed E-state index contributed by atoms with van der Waals surface area (Å²) in [5.74, 6) is -8.02. The topological polar surface area (TPSA) is 112 Å². The standard InChI is InChI=1S/C33H33F3N2O5/c1-20(2)29-28(31(41)37-24-11-7-4-8-12-24)27(21-9-5-3-6-10-21)30(22-13-15-23(34)16-14-22)38(29)18-17-25(39)19-26(40)33(35,36)32(42)43/h3-16,20,25-26,39-40H,17-19H2,1-2H3,(H,37,41)(H,42,43)/t25-,26-/m1/s1. The van der Waals surface area contributed by atoms with Gasteiger partial charge in [0.1, 0.15) is 11.9 Å². The van der Waals surface area contributed by atoms with Crippen LogP contribution in [0.3, 0.4) is 0 Å². The molecule has 4 rings (SSSR count). The van der Waals surface area contributed by atoms with E-state index in [1.54, 1.807) is 36.4 Å². The number of benzene rings is 3. The third-order valence-corrected chi connectivity index (χ3v) is 7.17. The van der Waals surface area contributed by atoms with Gasteiger partial charge in [0.15, 0.2) is 0 Å². The molecule has 0 radical (unpaired) electrons. The molecule has 0 unspecified atom stereocenters. The monoisotopic (exact) mass is 594 g/mol.